The number of aryl methyl sites for hydroxylation is 1. The van der Waals surface area contributed by atoms with Gasteiger partial charge in [-0.25, -0.2) is 0 Å². The summed E-state index contributed by atoms with van der Waals surface area (Å²) in [6.45, 7) is 10.4. The molecule has 0 aliphatic carbocycles. The van der Waals surface area contributed by atoms with Crippen LogP contribution in [0, 0.1) is 18.8 Å². The van der Waals surface area contributed by atoms with E-state index in [9.17, 15) is 9.59 Å². The first kappa shape index (κ1) is 23.2. The predicted molar refractivity (Wildman–Crippen MR) is 115 cm³/mol. The van der Waals surface area contributed by atoms with Gasteiger partial charge in [0.25, 0.3) is 0 Å². The lowest BCUT2D eigenvalue weighted by Crippen LogP contribution is -2.25. The van der Waals surface area contributed by atoms with Crippen LogP contribution in [0.3, 0.4) is 0 Å². The maximum atomic E-state index is 12.7. The second-order valence-corrected chi connectivity index (χ2v) is 7.52. The Bertz CT molecular complexity index is 598. The minimum atomic E-state index is 0.0157. The minimum Gasteiger partial charge on any atom is -0.324 e. The summed E-state index contributed by atoms with van der Waals surface area (Å²) in [6.07, 6.45) is 7.75. The van der Waals surface area contributed by atoms with Gasteiger partial charge in [-0.1, -0.05) is 59.4 Å². The zero-order valence-electron chi connectivity index (χ0n) is 17.9. The van der Waals surface area contributed by atoms with E-state index in [1.807, 2.05) is 25.1 Å². The van der Waals surface area contributed by atoms with Gasteiger partial charge in [0.1, 0.15) is 0 Å². The number of carbonyl (C=O) groups is 2. The molecule has 0 unspecified atom stereocenters. The van der Waals surface area contributed by atoms with Crippen LogP contribution in [0.25, 0.3) is 0 Å². The van der Waals surface area contributed by atoms with Crippen molar-refractivity contribution >= 4 is 23.2 Å². The zero-order valence-corrected chi connectivity index (χ0v) is 17.9. The van der Waals surface area contributed by atoms with E-state index in [1.54, 1.807) is 0 Å². The molecule has 0 aliphatic rings. The van der Waals surface area contributed by atoms with Crippen molar-refractivity contribution in [1.82, 2.24) is 0 Å². The van der Waals surface area contributed by atoms with Crippen molar-refractivity contribution in [2.24, 2.45) is 11.8 Å². The molecule has 0 saturated heterocycles. The molecule has 0 fully saturated rings. The van der Waals surface area contributed by atoms with Crippen LogP contribution in [0.5, 0.6) is 0 Å². The number of unbranched alkanes of at least 4 members (excludes halogenated alkanes) is 2. The molecule has 27 heavy (non-hydrogen) atoms. The molecule has 4 nitrogen and oxygen atoms in total. The van der Waals surface area contributed by atoms with Gasteiger partial charge >= 0.3 is 0 Å². The molecule has 2 amide bonds. The molecule has 2 atom stereocenters. The Kier molecular flexibility index (Phi) is 10.8. The normalized spacial score (nSPS) is 13.1. The summed E-state index contributed by atoms with van der Waals surface area (Å²) < 4.78 is 0. The third-order valence-electron chi connectivity index (χ3n) is 5.23. The first-order chi connectivity index (χ1) is 13.0. The fourth-order valence-electron chi connectivity index (χ4n) is 3.28. The smallest absolute Gasteiger partial charge is 0.227 e. The van der Waals surface area contributed by atoms with Crippen molar-refractivity contribution in [1.29, 1.82) is 0 Å². The highest BCUT2D eigenvalue weighted by Crippen LogP contribution is 2.26. The van der Waals surface area contributed by atoms with Crippen molar-refractivity contribution in [2.45, 2.75) is 86.0 Å². The monoisotopic (exact) mass is 374 g/mol. The quantitative estimate of drug-likeness (QED) is 0.451. The Morgan fingerprint density at radius 1 is 0.815 bits per heavy atom. The predicted octanol–water partition coefficient (Wildman–Crippen LogP) is 6.30. The molecule has 1 aromatic carbocycles. The molecule has 0 spiro atoms. The third kappa shape index (κ3) is 7.74. The number of benzene rings is 1. The van der Waals surface area contributed by atoms with Gasteiger partial charge in [0.05, 0.1) is 11.4 Å². The van der Waals surface area contributed by atoms with E-state index in [1.165, 1.54) is 0 Å². The van der Waals surface area contributed by atoms with Crippen molar-refractivity contribution in [3.05, 3.63) is 23.8 Å². The number of anilines is 2. The number of nitrogens with one attached hydrogen (secondary N) is 2. The van der Waals surface area contributed by atoms with Crippen LogP contribution in [0.2, 0.25) is 0 Å². The maximum Gasteiger partial charge on any atom is 0.227 e. The average Bonchev–Trinajstić information content (AvgIpc) is 2.65. The summed E-state index contributed by atoms with van der Waals surface area (Å²) in [5, 5.41) is 6.11. The number of amides is 2. The minimum absolute atomic E-state index is 0.0157. The van der Waals surface area contributed by atoms with Crippen LogP contribution >= 0.6 is 0 Å². The van der Waals surface area contributed by atoms with Crippen LogP contribution in [-0.2, 0) is 9.59 Å². The fraction of sp³-hybridized carbons (Fsp3) is 0.652. The Labute approximate surface area is 165 Å². The summed E-state index contributed by atoms with van der Waals surface area (Å²) in [6, 6.07) is 5.79. The van der Waals surface area contributed by atoms with E-state index in [4.69, 9.17) is 0 Å². The molecule has 0 radical (unpaired) electrons. The molecular formula is C23H38N2O2. The highest BCUT2D eigenvalue weighted by Gasteiger charge is 2.20. The Morgan fingerprint density at radius 2 is 1.30 bits per heavy atom. The fourth-order valence-corrected chi connectivity index (χ4v) is 3.28. The highest BCUT2D eigenvalue weighted by molar-refractivity contribution is 6.01. The SMILES string of the molecule is CCCC[C@@H](CC)C(=O)Nc1ccc(C)cc1NC(=O)[C@H](CC)CCCC. The molecule has 152 valence electrons. The van der Waals surface area contributed by atoms with Crippen LogP contribution in [0.15, 0.2) is 18.2 Å². The zero-order chi connectivity index (χ0) is 20.2. The van der Waals surface area contributed by atoms with Crippen molar-refractivity contribution in [3.8, 4) is 0 Å². The van der Waals surface area contributed by atoms with Gasteiger partial charge in [-0.2, -0.15) is 0 Å². The van der Waals surface area contributed by atoms with Crippen molar-refractivity contribution < 1.29 is 9.59 Å². The van der Waals surface area contributed by atoms with Gasteiger partial charge in [-0.3, -0.25) is 9.59 Å². The van der Waals surface area contributed by atoms with Gasteiger partial charge in [0, 0.05) is 11.8 Å². The topological polar surface area (TPSA) is 58.2 Å². The first-order valence-electron chi connectivity index (χ1n) is 10.7. The van der Waals surface area contributed by atoms with Crippen LogP contribution in [-0.4, -0.2) is 11.8 Å². The largest absolute Gasteiger partial charge is 0.324 e. The summed E-state index contributed by atoms with van der Waals surface area (Å²) in [7, 11) is 0. The number of rotatable bonds is 12. The summed E-state index contributed by atoms with van der Waals surface area (Å²) in [5.41, 5.74) is 2.45. The van der Waals surface area contributed by atoms with Gasteiger partial charge in [-0.15, -0.1) is 0 Å². The number of hydrogen-bond acceptors (Lipinski definition) is 2. The third-order valence-corrected chi connectivity index (χ3v) is 5.23. The van der Waals surface area contributed by atoms with E-state index in [2.05, 4.69) is 38.3 Å². The molecule has 0 aromatic heterocycles. The molecule has 0 heterocycles. The molecule has 1 aromatic rings. The van der Waals surface area contributed by atoms with Crippen LogP contribution in [0.1, 0.15) is 84.6 Å². The van der Waals surface area contributed by atoms with Gasteiger partial charge < -0.3 is 10.6 Å². The van der Waals surface area contributed by atoms with Crippen LogP contribution in [0.4, 0.5) is 11.4 Å². The molecule has 0 bridgehead atoms. The molecule has 0 aliphatic heterocycles. The van der Waals surface area contributed by atoms with Crippen molar-refractivity contribution in [3.63, 3.8) is 0 Å². The van der Waals surface area contributed by atoms with E-state index in [-0.39, 0.29) is 23.7 Å². The average molecular weight is 375 g/mol. The summed E-state index contributed by atoms with van der Waals surface area (Å²) in [5.74, 6) is 0.123. The van der Waals surface area contributed by atoms with Gasteiger partial charge in [0.15, 0.2) is 0 Å². The van der Waals surface area contributed by atoms with Gasteiger partial charge in [0.2, 0.25) is 11.8 Å². The van der Waals surface area contributed by atoms with Crippen LogP contribution < -0.4 is 10.6 Å². The molecule has 2 N–H and O–H groups in total. The standard InChI is InChI=1S/C23H38N2O2/c1-6-10-12-18(8-3)22(26)24-20-15-14-17(5)16-21(20)25-23(27)19(9-4)13-11-7-2/h14-16,18-19H,6-13H2,1-5H3,(H,24,26)(H,25,27)/t18-,19-/m1/s1. The Hall–Kier alpha value is -1.84. The highest BCUT2D eigenvalue weighted by atomic mass is 16.2. The van der Waals surface area contributed by atoms with E-state index in [0.717, 1.165) is 56.9 Å². The Morgan fingerprint density at radius 3 is 1.74 bits per heavy atom. The van der Waals surface area contributed by atoms with Gasteiger partial charge in [-0.05, 0) is 50.3 Å². The van der Waals surface area contributed by atoms with Crippen molar-refractivity contribution in [2.75, 3.05) is 10.6 Å². The lowest BCUT2D eigenvalue weighted by Gasteiger charge is -2.19. The van der Waals surface area contributed by atoms with E-state index < -0.39 is 0 Å². The second kappa shape index (κ2) is 12.5. The molecular weight excluding hydrogens is 336 g/mol. The summed E-state index contributed by atoms with van der Waals surface area (Å²) >= 11 is 0. The molecule has 1 rings (SSSR count). The first-order valence-corrected chi connectivity index (χ1v) is 10.7. The number of carbonyl (C=O) groups excluding carboxylic acids is 2. The lowest BCUT2D eigenvalue weighted by molar-refractivity contribution is -0.121. The molecule has 0 saturated carbocycles. The molecule has 4 heteroatoms. The lowest BCUT2D eigenvalue weighted by atomic mass is 9.97. The maximum absolute atomic E-state index is 12.7. The number of hydrogen-bond donors (Lipinski definition) is 2. The van der Waals surface area contributed by atoms with E-state index in [0.29, 0.717) is 11.4 Å². The second-order valence-electron chi connectivity index (χ2n) is 7.52. The van der Waals surface area contributed by atoms with E-state index >= 15 is 0 Å². The Balaban J connectivity index is 2.90. The summed E-state index contributed by atoms with van der Waals surface area (Å²) in [4.78, 5) is 25.4.